The minimum Gasteiger partial charge on any atom is -0.459 e. The summed E-state index contributed by atoms with van der Waals surface area (Å²) in [7, 11) is 0. The molecule has 5 atom stereocenters. The van der Waals surface area contributed by atoms with E-state index in [1.807, 2.05) is 30.3 Å². The van der Waals surface area contributed by atoms with E-state index in [0.29, 0.717) is 28.9 Å². The fraction of sp³-hybridized carbons (Fsp3) is 0.500. The molecule has 1 fully saturated rings. The van der Waals surface area contributed by atoms with Crippen LogP contribution in [0.25, 0.3) is 11.1 Å². The van der Waals surface area contributed by atoms with Crippen LogP contribution in [0.2, 0.25) is 0 Å². The van der Waals surface area contributed by atoms with Gasteiger partial charge < -0.3 is 9.47 Å². The van der Waals surface area contributed by atoms with Crippen molar-refractivity contribution in [2.45, 2.75) is 72.0 Å². The van der Waals surface area contributed by atoms with E-state index in [1.54, 1.807) is 19.1 Å². The number of ether oxygens (including phenoxy) is 2. The van der Waals surface area contributed by atoms with E-state index >= 15 is 0 Å². The van der Waals surface area contributed by atoms with Crippen molar-refractivity contribution < 1.29 is 23.5 Å². The second kappa shape index (κ2) is 11.0. The topological polar surface area (TPSA) is 52.6 Å². The number of esters is 2. The highest BCUT2D eigenvalue weighted by atomic mass is 19.1. The number of benzene rings is 2. The Morgan fingerprint density at radius 3 is 2.30 bits per heavy atom. The Bertz CT molecular complexity index is 956. The molecule has 0 saturated heterocycles. The Labute approximate surface area is 196 Å². The first-order chi connectivity index (χ1) is 15.7. The number of hydrogen-bond acceptors (Lipinski definition) is 4. The number of halogens is 1. The normalized spacial score (nSPS) is 22.5. The van der Waals surface area contributed by atoms with Gasteiger partial charge in [0.15, 0.2) is 6.10 Å². The zero-order valence-corrected chi connectivity index (χ0v) is 20.2. The van der Waals surface area contributed by atoms with Crippen molar-refractivity contribution in [1.82, 2.24) is 0 Å². The first-order valence-corrected chi connectivity index (χ1v) is 11.9. The van der Waals surface area contributed by atoms with Gasteiger partial charge in [-0.25, -0.2) is 9.18 Å². The fourth-order valence-corrected chi connectivity index (χ4v) is 4.61. The third-order valence-electron chi connectivity index (χ3n) is 6.79. The zero-order valence-electron chi connectivity index (χ0n) is 20.2. The second-order valence-electron chi connectivity index (χ2n) is 9.71. The highest BCUT2D eigenvalue weighted by Crippen LogP contribution is 2.35. The SMILES string of the molecule is CC1CCC(C(C)C)C(OC(=O)C(C)OC(=O)C(C)c2ccc(-c3ccccc3)c(F)c2)C1. The maximum atomic E-state index is 14.7. The molecule has 1 saturated carbocycles. The lowest BCUT2D eigenvalue weighted by molar-refractivity contribution is -0.175. The molecule has 2 aromatic rings. The first kappa shape index (κ1) is 24.9. The van der Waals surface area contributed by atoms with Gasteiger partial charge in [-0.15, -0.1) is 0 Å². The molecular formula is C28H35FO4. The molecule has 1 aliphatic rings. The third kappa shape index (κ3) is 6.21. The van der Waals surface area contributed by atoms with E-state index in [1.165, 1.54) is 13.0 Å². The van der Waals surface area contributed by atoms with Crippen LogP contribution in [0.4, 0.5) is 4.39 Å². The summed E-state index contributed by atoms with van der Waals surface area (Å²) in [5.74, 6) is -0.978. The van der Waals surface area contributed by atoms with Crippen LogP contribution < -0.4 is 0 Å². The van der Waals surface area contributed by atoms with Crippen molar-refractivity contribution >= 4 is 11.9 Å². The van der Waals surface area contributed by atoms with E-state index in [9.17, 15) is 14.0 Å². The molecule has 0 aromatic heterocycles. The quantitative estimate of drug-likeness (QED) is 0.446. The van der Waals surface area contributed by atoms with E-state index < -0.39 is 29.8 Å². The lowest BCUT2D eigenvalue weighted by atomic mass is 9.75. The van der Waals surface area contributed by atoms with E-state index in [0.717, 1.165) is 24.8 Å². The minimum atomic E-state index is -1.02. The molecule has 0 radical (unpaired) electrons. The minimum absolute atomic E-state index is 0.153. The smallest absolute Gasteiger partial charge is 0.347 e. The van der Waals surface area contributed by atoms with Crippen molar-refractivity contribution in [1.29, 1.82) is 0 Å². The molecule has 0 N–H and O–H groups in total. The van der Waals surface area contributed by atoms with Crippen LogP contribution in [0, 0.1) is 23.6 Å². The summed E-state index contributed by atoms with van der Waals surface area (Å²) in [6, 6.07) is 14.0. The van der Waals surface area contributed by atoms with Gasteiger partial charge in [-0.05, 0) is 61.6 Å². The van der Waals surface area contributed by atoms with Crippen LogP contribution in [0.3, 0.4) is 0 Å². The highest BCUT2D eigenvalue weighted by molar-refractivity contribution is 5.83. The molecule has 5 unspecified atom stereocenters. The summed E-state index contributed by atoms with van der Waals surface area (Å²) in [5, 5.41) is 0. The highest BCUT2D eigenvalue weighted by Gasteiger charge is 2.35. The van der Waals surface area contributed by atoms with E-state index in [4.69, 9.17) is 9.47 Å². The predicted octanol–water partition coefficient (Wildman–Crippen LogP) is 6.53. The largest absolute Gasteiger partial charge is 0.459 e. The van der Waals surface area contributed by atoms with Crippen LogP contribution in [0.15, 0.2) is 48.5 Å². The molecule has 0 spiro atoms. The number of rotatable bonds is 7. The molecule has 5 heteroatoms. The molecule has 0 heterocycles. The fourth-order valence-electron chi connectivity index (χ4n) is 4.61. The Morgan fingerprint density at radius 2 is 1.67 bits per heavy atom. The maximum Gasteiger partial charge on any atom is 0.347 e. The standard InChI is InChI=1S/C28H35FO4/c1-17(2)23-13-11-18(3)15-26(23)33-28(31)20(5)32-27(30)19(4)22-12-14-24(25(29)16-22)21-9-7-6-8-10-21/h6-10,12,14,16-20,23,26H,11,13,15H2,1-5H3. The van der Waals surface area contributed by atoms with Gasteiger partial charge in [0, 0.05) is 5.56 Å². The monoisotopic (exact) mass is 454 g/mol. The Hall–Kier alpha value is -2.69. The molecule has 3 rings (SSSR count). The first-order valence-electron chi connectivity index (χ1n) is 11.9. The van der Waals surface area contributed by atoms with Crippen LogP contribution in [0.5, 0.6) is 0 Å². The third-order valence-corrected chi connectivity index (χ3v) is 6.79. The molecule has 0 bridgehead atoms. The van der Waals surface area contributed by atoms with Gasteiger partial charge in [0.25, 0.3) is 0 Å². The van der Waals surface area contributed by atoms with Crippen LogP contribution in [-0.2, 0) is 19.1 Å². The zero-order chi connectivity index (χ0) is 24.1. The van der Waals surface area contributed by atoms with Crippen molar-refractivity contribution in [3.63, 3.8) is 0 Å². The lowest BCUT2D eigenvalue weighted by Crippen LogP contribution is -2.39. The van der Waals surface area contributed by atoms with Crippen LogP contribution in [0.1, 0.15) is 65.4 Å². The van der Waals surface area contributed by atoms with Gasteiger partial charge in [0.05, 0.1) is 5.92 Å². The molecular weight excluding hydrogens is 419 g/mol. The van der Waals surface area contributed by atoms with Crippen LogP contribution in [-0.4, -0.2) is 24.1 Å². The molecule has 1 aliphatic carbocycles. The molecule has 0 amide bonds. The summed E-state index contributed by atoms with van der Waals surface area (Å²) in [4.78, 5) is 25.4. The summed E-state index contributed by atoms with van der Waals surface area (Å²) in [5.41, 5.74) is 1.74. The molecule has 178 valence electrons. The van der Waals surface area contributed by atoms with Gasteiger partial charge in [0.1, 0.15) is 11.9 Å². The molecule has 4 nitrogen and oxygen atoms in total. The molecule has 2 aromatic carbocycles. The average Bonchev–Trinajstić information content (AvgIpc) is 2.78. The number of carbonyl (C=O) groups excluding carboxylic acids is 2. The molecule has 0 aliphatic heterocycles. The summed E-state index contributed by atoms with van der Waals surface area (Å²) >= 11 is 0. The summed E-state index contributed by atoms with van der Waals surface area (Å²) in [6.45, 7) is 9.64. The van der Waals surface area contributed by atoms with E-state index in [2.05, 4.69) is 20.8 Å². The molecule has 33 heavy (non-hydrogen) atoms. The number of carbonyl (C=O) groups is 2. The van der Waals surface area contributed by atoms with Gasteiger partial charge in [-0.1, -0.05) is 69.7 Å². The van der Waals surface area contributed by atoms with Gasteiger partial charge >= 0.3 is 11.9 Å². The van der Waals surface area contributed by atoms with E-state index in [-0.39, 0.29) is 6.10 Å². The van der Waals surface area contributed by atoms with Gasteiger partial charge in [0.2, 0.25) is 0 Å². The predicted molar refractivity (Wildman–Crippen MR) is 127 cm³/mol. The Morgan fingerprint density at radius 1 is 0.970 bits per heavy atom. The lowest BCUT2D eigenvalue weighted by Gasteiger charge is -2.37. The van der Waals surface area contributed by atoms with Crippen molar-refractivity contribution in [2.75, 3.05) is 0 Å². The Kier molecular flexibility index (Phi) is 8.28. The maximum absolute atomic E-state index is 14.7. The van der Waals surface area contributed by atoms with Crippen molar-refractivity contribution in [2.24, 2.45) is 17.8 Å². The average molecular weight is 455 g/mol. The van der Waals surface area contributed by atoms with Crippen LogP contribution >= 0.6 is 0 Å². The van der Waals surface area contributed by atoms with Crippen molar-refractivity contribution in [3.8, 4) is 11.1 Å². The second-order valence-corrected chi connectivity index (χ2v) is 9.71. The van der Waals surface area contributed by atoms with Crippen molar-refractivity contribution in [3.05, 3.63) is 59.9 Å². The Balaban J connectivity index is 1.62. The van der Waals surface area contributed by atoms with Gasteiger partial charge in [-0.2, -0.15) is 0 Å². The number of hydrogen-bond donors (Lipinski definition) is 0. The summed E-state index contributed by atoms with van der Waals surface area (Å²) < 4.78 is 25.9. The van der Waals surface area contributed by atoms with Gasteiger partial charge in [-0.3, -0.25) is 4.79 Å². The summed E-state index contributed by atoms with van der Waals surface area (Å²) in [6.07, 6.45) is 1.84.